The summed E-state index contributed by atoms with van der Waals surface area (Å²) in [6.07, 6.45) is -6.52. The number of aliphatic carboxylic acids is 1. The predicted molar refractivity (Wildman–Crippen MR) is 104 cm³/mol. The Hall–Kier alpha value is -3.88. The molecule has 174 valence electrons. The first-order chi connectivity index (χ1) is 15.3. The zero-order valence-electron chi connectivity index (χ0n) is 16.9. The molecule has 0 bridgehead atoms. The van der Waals surface area contributed by atoms with Gasteiger partial charge in [0.1, 0.15) is 12.2 Å². The van der Waals surface area contributed by atoms with Crippen LogP contribution in [0.1, 0.15) is 25.0 Å². The van der Waals surface area contributed by atoms with E-state index >= 15 is 0 Å². The van der Waals surface area contributed by atoms with Crippen molar-refractivity contribution in [2.75, 3.05) is 0 Å². The van der Waals surface area contributed by atoms with E-state index in [-0.39, 0.29) is 11.6 Å². The molecular weight excluding hydrogens is 459 g/mol. The summed E-state index contributed by atoms with van der Waals surface area (Å²) >= 11 is 0. The third-order valence-corrected chi connectivity index (χ3v) is 3.95. The molecule has 0 aliphatic heterocycles. The van der Waals surface area contributed by atoms with Crippen molar-refractivity contribution in [2.45, 2.75) is 26.2 Å². The summed E-state index contributed by atoms with van der Waals surface area (Å²) in [7, 11) is 0. The number of rotatable bonds is 5. The average Bonchev–Trinajstić information content (AvgIpc) is 3.18. The number of halogens is 7. The summed E-state index contributed by atoms with van der Waals surface area (Å²) in [6.45, 7) is 2.74. The fourth-order valence-electron chi connectivity index (χ4n) is 2.46. The number of alkyl halides is 6. The number of carboxylic acid groups (broad SMARTS) is 1. The highest BCUT2D eigenvalue weighted by Crippen LogP contribution is 2.38. The van der Waals surface area contributed by atoms with E-state index in [1.54, 1.807) is 0 Å². The van der Waals surface area contributed by atoms with E-state index in [0.717, 1.165) is 29.4 Å². The minimum atomic E-state index is -5.07. The Morgan fingerprint density at radius 3 is 2.12 bits per heavy atom. The first-order valence-electron chi connectivity index (χ1n) is 8.89. The first-order valence-corrected chi connectivity index (χ1v) is 8.89. The highest BCUT2D eigenvalue weighted by atomic mass is 19.4. The molecule has 0 saturated heterocycles. The number of hydrogen-bond acceptors (Lipinski definition) is 3. The summed E-state index contributed by atoms with van der Waals surface area (Å²) in [4.78, 5) is 15.3. The number of carboxylic acids is 1. The molecule has 12 heteroatoms. The third-order valence-electron chi connectivity index (χ3n) is 3.95. The van der Waals surface area contributed by atoms with Gasteiger partial charge in [0.2, 0.25) is 0 Å². The second-order valence-electron chi connectivity index (χ2n) is 6.30. The van der Waals surface area contributed by atoms with Gasteiger partial charge in [0.15, 0.2) is 5.82 Å². The topological polar surface area (TPSA) is 68.0 Å². The summed E-state index contributed by atoms with van der Waals surface area (Å²) < 4.78 is 92.8. The smallest absolute Gasteiger partial charge is 0.416 e. The molecule has 5 nitrogen and oxygen atoms in total. The number of hydrogen-bond donors (Lipinski definition) is 1. The first kappa shape index (κ1) is 25.4. The SMILES string of the molecule is CC#CC(=C\C(F)=C/C)/C(=C\n1cnc(-c2cc(C(F)(F)F)cc(C(F)(F)F)c2)n1)C(=O)O. The third kappa shape index (κ3) is 6.55. The Morgan fingerprint density at radius 2 is 1.67 bits per heavy atom. The van der Waals surface area contributed by atoms with Crippen LogP contribution in [0.5, 0.6) is 0 Å². The van der Waals surface area contributed by atoms with Crippen LogP contribution in [-0.4, -0.2) is 25.8 Å². The Bertz CT molecular complexity index is 1170. The molecule has 0 unspecified atom stereocenters. The fourth-order valence-corrected chi connectivity index (χ4v) is 2.46. The van der Waals surface area contributed by atoms with Gasteiger partial charge in [-0.15, -0.1) is 11.0 Å². The van der Waals surface area contributed by atoms with Gasteiger partial charge in [-0.05, 0) is 38.1 Å². The monoisotopic (exact) mass is 473 g/mol. The minimum absolute atomic E-state index is 0.0424. The maximum absolute atomic E-state index is 13.6. The van der Waals surface area contributed by atoms with Crippen LogP contribution < -0.4 is 0 Å². The number of nitrogens with zero attached hydrogens (tertiary/aromatic N) is 3. The lowest BCUT2D eigenvalue weighted by Crippen LogP contribution is -2.11. The van der Waals surface area contributed by atoms with Gasteiger partial charge >= 0.3 is 18.3 Å². The molecule has 0 saturated carbocycles. The summed E-state index contributed by atoms with van der Waals surface area (Å²) in [5.41, 5.74) is -4.51. The Morgan fingerprint density at radius 1 is 1.09 bits per heavy atom. The van der Waals surface area contributed by atoms with E-state index in [0.29, 0.717) is 12.1 Å². The van der Waals surface area contributed by atoms with Crippen molar-refractivity contribution in [3.63, 3.8) is 0 Å². The van der Waals surface area contributed by atoms with Crippen molar-refractivity contribution >= 4 is 12.2 Å². The molecule has 0 amide bonds. The van der Waals surface area contributed by atoms with Crippen molar-refractivity contribution in [2.24, 2.45) is 0 Å². The molecule has 33 heavy (non-hydrogen) atoms. The van der Waals surface area contributed by atoms with Gasteiger partial charge in [-0.1, -0.05) is 12.0 Å². The highest BCUT2D eigenvalue weighted by molar-refractivity contribution is 5.97. The normalized spacial score (nSPS) is 13.5. The van der Waals surface area contributed by atoms with Crippen LogP contribution in [0, 0.1) is 11.8 Å². The number of carbonyl (C=O) groups is 1. The van der Waals surface area contributed by atoms with E-state index in [1.807, 2.05) is 0 Å². The highest BCUT2D eigenvalue weighted by Gasteiger charge is 2.37. The van der Waals surface area contributed by atoms with Crippen LogP contribution in [-0.2, 0) is 17.1 Å². The van der Waals surface area contributed by atoms with Crippen LogP contribution in [0.2, 0.25) is 0 Å². The molecule has 1 aromatic carbocycles. The molecule has 2 rings (SSSR count). The van der Waals surface area contributed by atoms with Gasteiger partial charge in [-0.3, -0.25) is 0 Å². The summed E-state index contributed by atoms with van der Waals surface area (Å²) in [5, 5.41) is 13.2. The van der Waals surface area contributed by atoms with Crippen LogP contribution >= 0.6 is 0 Å². The van der Waals surface area contributed by atoms with E-state index in [2.05, 4.69) is 21.9 Å². The predicted octanol–water partition coefficient (Wildman–Crippen LogP) is 5.73. The lowest BCUT2D eigenvalue weighted by atomic mass is 10.0. The fraction of sp³-hybridized carbons (Fsp3) is 0.190. The van der Waals surface area contributed by atoms with Crippen molar-refractivity contribution < 1.29 is 40.6 Å². The lowest BCUT2D eigenvalue weighted by Gasteiger charge is -2.13. The van der Waals surface area contributed by atoms with E-state index in [1.165, 1.54) is 13.8 Å². The lowest BCUT2D eigenvalue weighted by molar-refractivity contribution is -0.143. The maximum Gasteiger partial charge on any atom is 0.416 e. The molecule has 0 spiro atoms. The standard InChI is InChI=1S/C21H14F7N3O2/c1-3-5-12(8-16(22)4-2)17(19(32)33)10-31-11-29-18(30-31)13-6-14(20(23,24)25)9-15(7-13)21(26,27)28/h4,6-11H,1-2H3,(H,32,33)/b12-8+,16-4+,17-10+. The zero-order valence-corrected chi connectivity index (χ0v) is 16.9. The molecule has 1 N–H and O–H groups in total. The second-order valence-corrected chi connectivity index (χ2v) is 6.30. The van der Waals surface area contributed by atoms with Crippen LogP contribution in [0.4, 0.5) is 30.7 Å². The van der Waals surface area contributed by atoms with Crippen molar-refractivity contribution in [1.82, 2.24) is 14.8 Å². The molecule has 1 heterocycles. The van der Waals surface area contributed by atoms with Crippen LogP contribution in [0.15, 0.2) is 53.7 Å². The minimum Gasteiger partial charge on any atom is -0.478 e. The van der Waals surface area contributed by atoms with Crippen LogP contribution in [0.3, 0.4) is 0 Å². The van der Waals surface area contributed by atoms with Gasteiger partial charge in [0.25, 0.3) is 0 Å². The Labute approximate surface area is 182 Å². The molecule has 2 aromatic rings. The molecule has 0 atom stereocenters. The quantitative estimate of drug-likeness (QED) is 0.261. The van der Waals surface area contributed by atoms with E-state index in [9.17, 15) is 40.6 Å². The van der Waals surface area contributed by atoms with Gasteiger partial charge < -0.3 is 5.11 Å². The number of allylic oxidation sites excluding steroid dienone is 3. The van der Waals surface area contributed by atoms with Crippen LogP contribution in [0.25, 0.3) is 17.6 Å². The molecule has 0 radical (unpaired) electrons. The Balaban J connectivity index is 2.62. The van der Waals surface area contributed by atoms with Gasteiger partial charge in [-0.2, -0.15) is 26.3 Å². The summed E-state index contributed by atoms with van der Waals surface area (Å²) in [5.74, 6) is 1.97. The number of benzene rings is 1. The van der Waals surface area contributed by atoms with Gasteiger partial charge in [0, 0.05) is 17.3 Å². The Kier molecular flexibility index (Phi) is 7.48. The molecule has 0 aliphatic carbocycles. The van der Waals surface area contributed by atoms with Gasteiger partial charge in [-0.25, -0.2) is 18.9 Å². The summed E-state index contributed by atoms with van der Waals surface area (Å²) in [6, 6.07) is 0.831. The zero-order chi connectivity index (χ0) is 25.0. The molecule has 0 fully saturated rings. The van der Waals surface area contributed by atoms with Crippen molar-refractivity contribution in [3.8, 4) is 23.2 Å². The molecule has 1 aromatic heterocycles. The molecular formula is C21H14F7N3O2. The van der Waals surface area contributed by atoms with E-state index in [4.69, 9.17) is 0 Å². The molecule has 0 aliphatic rings. The number of aromatic nitrogens is 3. The van der Waals surface area contributed by atoms with Crippen molar-refractivity contribution in [3.05, 3.63) is 64.8 Å². The van der Waals surface area contributed by atoms with Gasteiger partial charge in [0.05, 0.1) is 16.7 Å². The second kappa shape index (κ2) is 9.72. The maximum atomic E-state index is 13.6. The van der Waals surface area contributed by atoms with Crippen molar-refractivity contribution in [1.29, 1.82) is 0 Å². The average molecular weight is 473 g/mol. The van der Waals surface area contributed by atoms with E-state index < -0.39 is 52.2 Å². The largest absolute Gasteiger partial charge is 0.478 e.